The summed E-state index contributed by atoms with van der Waals surface area (Å²) in [5.41, 5.74) is 8.57. The number of hydrogen-bond acceptors (Lipinski definition) is 2. The van der Waals surface area contributed by atoms with Gasteiger partial charge in [-0.15, -0.1) is 0 Å². The van der Waals surface area contributed by atoms with E-state index in [0.29, 0.717) is 13.0 Å². The summed E-state index contributed by atoms with van der Waals surface area (Å²) in [6.07, 6.45) is 0.696. The van der Waals surface area contributed by atoms with Crippen LogP contribution >= 0.6 is 0 Å². The normalized spacial score (nSPS) is 10.5. The first-order valence-electron chi connectivity index (χ1n) is 6.44. The van der Waals surface area contributed by atoms with Gasteiger partial charge in [-0.05, 0) is 35.7 Å². The van der Waals surface area contributed by atoms with Crippen molar-refractivity contribution in [2.75, 3.05) is 18.5 Å². The SMILES string of the molecule is CN(CCc1ccccc1F)c1ccc(CN)cc1. The zero-order chi connectivity index (χ0) is 13.7. The average Bonchev–Trinajstić information content (AvgIpc) is 2.46. The minimum absolute atomic E-state index is 0.130. The first-order chi connectivity index (χ1) is 9.20. The maximum Gasteiger partial charge on any atom is 0.126 e. The second-order valence-corrected chi connectivity index (χ2v) is 4.63. The fourth-order valence-corrected chi connectivity index (χ4v) is 2.00. The molecule has 100 valence electrons. The van der Waals surface area contributed by atoms with Crippen molar-refractivity contribution in [1.82, 2.24) is 0 Å². The zero-order valence-corrected chi connectivity index (χ0v) is 11.1. The number of nitrogens with zero attached hydrogens (tertiary/aromatic N) is 1. The van der Waals surface area contributed by atoms with Crippen molar-refractivity contribution < 1.29 is 4.39 Å². The van der Waals surface area contributed by atoms with Gasteiger partial charge in [0.15, 0.2) is 0 Å². The summed E-state index contributed by atoms with van der Waals surface area (Å²) in [6.45, 7) is 1.34. The lowest BCUT2D eigenvalue weighted by atomic mass is 10.1. The highest BCUT2D eigenvalue weighted by Crippen LogP contribution is 2.15. The molecule has 3 heteroatoms. The van der Waals surface area contributed by atoms with Crippen LogP contribution in [0.3, 0.4) is 0 Å². The van der Waals surface area contributed by atoms with E-state index in [-0.39, 0.29) is 5.82 Å². The smallest absolute Gasteiger partial charge is 0.126 e. The molecule has 0 bridgehead atoms. The molecule has 2 rings (SSSR count). The average molecular weight is 258 g/mol. The summed E-state index contributed by atoms with van der Waals surface area (Å²) in [5.74, 6) is -0.130. The number of anilines is 1. The molecule has 19 heavy (non-hydrogen) atoms. The van der Waals surface area contributed by atoms with Crippen molar-refractivity contribution in [2.45, 2.75) is 13.0 Å². The summed E-state index contributed by atoms with van der Waals surface area (Å²) in [6, 6.07) is 15.1. The van der Waals surface area contributed by atoms with E-state index in [1.807, 2.05) is 43.4 Å². The van der Waals surface area contributed by atoms with Crippen molar-refractivity contribution in [3.8, 4) is 0 Å². The van der Waals surface area contributed by atoms with Gasteiger partial charge in [0.25, 0.3) is 0 Å². The fraction of sp³-hybridized carbons (Fsp3) is 0.250. The first-order valence-corrected chi connectivity index (χ1v) is 6.44. The summed E-state index contributed by atoms with van der Waals surface area (Å²) in [7, 11) is 2.01. The van der Waals surface area contributed by atoms with E-state index < -0.39 is 0 Å². The second-order valence-electron chi connectivity index (χ2n) is 4.63. The Morgan fingerprint density at radius 3 is 2.37 bits per heavy atom. The van der Waals surface area contributed by atoms with E-state index >= 15 is 0 Å². The minimum Gasteiger partial charge on any atom is -0.374 e. The number of benzene rings is 2. The first kappa shape index (κ1) is 13.6. The van der Waals surface area contributed by atoms with Crippen LogP contribution in [-0.2, 0) is 13.0 Å². The Bertz CT molecular complexity index is 523. The molecule has 0 aliphatic carbocycles. The van der Waals surface area contributed by atoms with Crippen LogP contribution in [0.2, 0.25) is 0 Å². The topological polar surface area (TPSA) is 29.3 Å². The Labute approximate surface area is 113 Å². The Kier molecular flexibility index (Phi) is 4.53. The van der Waals surface area contributed by atoms with Gasteiger partial charge in [0.1, 0.15) is 5.82 Å². The Hall–Kier alpha value is -1.87. The predicted molar refractivity (Wildman–Crippen MR) is 77.7 cm³/mol. The van der Waals surface area contributed by atoms with Crippen LogP contribution in [0.15, 0.2) is 48.5 Å². The molecular weight excluding hydrogens is 239 g/mol. The minimum atomic E-state index is -0.130. The third kappa shape index (κ3) is 3.55. The van der Waals surface area contributed by atoms with Gasteiger partial charge in [-0.3, -0.25) is 0 Å². The van der Waals surface area contributed by atoms with E-state index in [9.17, 15) is 4.39 Å². The predicted octanol–water partition coefficient (Wildman–Crippen LogP) is 2.96. The molecule has 0 aromatic heterocycles. The summed E-state index contributed by atoms with van der Waals surface area (Å²) in [5, 5.41) is 0. The van der Waals surface area contributed by atoms with Crippen LogP contribution in [0.25, 0.3) is 0 Å². The van der Waals surface area contributed by atoms with Crippen molar-refractivity contribution in [3.63, 3.8) is 0 Å². The summed E-state index contributed by atoms with van der Waals surface area (Å²) in [4.78, 5) is 2.12. The molecule has 0 aliphatic heterocycles. The van der Waals surface area contributed by atoms with Gasteiger partial charge in [0.2, 0.25) is 0 Å². The Balaban J connectivity index is 1.97. The molecule has 2 nitrogen and oxygen atoms in total. The lowest BCUT2D eigenvalue weighted by Crippen LogP contribution is -2.20. The van der Waals surface area contributed by atoms with Gasteiger partial charge in [-0.2, -0.15) is 0 Å². The largest absolute Gasteiger partial charge is 0.374 e. The number of likely N-dealkylation sites (N-methyl/N-ethyl adjacent to an activating group) is 1. The molecule has 0 unspecified atom stereocenters. The highest BCUT2D eigenvalue weighted by Gasteiger charge is 2.04. The third-order valence-electron chi connectivity index (χ3n) is 3.29. The molecule has 0 spiro atoms. The van der Waals surface area contributed by atoms with Gasteiger partial charge < -0.3 is 10.6 Å². The quantitative estimate of drug-likeness (QED) is 0.893. The van der Waals surface area contributed by atoms with Gasteiger partial charge in [0, 0.05) is 25.8 Å². The highest BCUT2D eigenvalue weighted by molar-refractivity contribution is 5.47. The summed E-state index contributed by atoms with van der Waals surface area (Å²) < 4.78 is 13.5. The zero-order valence-electron chi connectivity index (χ0n) is 11.1. The molecule has 0 radical (unpaired) electrons. The van der Waals surface area contributed by atoms with E-state index in [1.165, 1.54) is 6.07 Å². The standard InChI is InChI=1S/C16H19FN2/c1-19(15-8-6-13(12-18)7-9-15)11-10-14-4-2-3-5-16(14)17/h2-9H,10-12,18H2,1H3. The number of nitrogens with two attached hydrogens (primary N) is 1. The molecule has 0 fully saturated rings. The molecule has 0 amide bonds. The monoisotopic (exact) mass is 258 g/mol. The van der Waals surface area contributed by atoms with Gasteiger partial charge in [0.05, 0.1) is 0 Å². The van der Waals surface area contributed by atoms with Crippen LogP contribution in [0, 0.1) is 5.82 Å². The molecule has 0 heterocycles. The van der Waals surface area contributed by atoms with Crippen LogP contribution < -0.4 is 10.6 Å². The fourth-order valence-electron chi connectivity index (χ4n) is 2.00. The van der Waals surface area contributed by atoms with Crippen molar-refractivity contribution >= 4 is 5.69 Å². The molecule has 2 aromatic carbocycles. The molecule has 0 atom stereocenters. The molecule has 0 saturated carbocycles. The molecule has 0 saturated heterocycles. The highest BCUT2D eigenvalue weighted by atomic mass is 19.1. The third-order valence-corrected chi connectivity index (χ3v) is 3.29. The van der Waals surface area contributed by atoms with Crippen molar-refractivity contribution in [3.05, 3.63) is 65.5 Å². The Morgan fingerprint density at radius 1 is 1.05 bits per heavy atom. The maximum absolute atomic E-state index is 13.5. The van der Waals surface area contributed by atoms with Crippen LogP contribution in [0.1, 0.15) is 11.1 Å². The van der Waals surface area contributed by atoms with Crippen molar-refractivity contribution in [2.24, 2.45) is 5.73 Å². The van der Waals surface area contributed by atoms with E-state index in [0.717, 1.165) is 23.4 Å². The van der Waals surface area contributed by atoms with Crippen LogP contribution in [0.4, 0.5) is 10.1 Å². The molecule has 2 aromatic rings. The Morgan fingerprint density at radius 2 is 1.74 bits per heavy atom. The van der Waals surface area contributed by atoms with E-state index in [1.54, 1.807) is 6.07 Å². The van der Waals surface area contributed by atoms with E-state index in [2.05, 4.69) is 4.90 Å². The van der Waals surface area contributed by atoms with Crippen LogP contribution in [0.5, 0.6) is 0 Å². The number of halogens is 1. The van der Waals surface area contributed by atoms with Gasteiger partial charge in [-0.25, -0.2) is 4.39 Å². The number of hydrogen-bond donors (Lipinski definition) is 1. The molecular formula is C16H19FN2. The second kappa shape index (κ2) is 6.34. The van der Waals surface area contributed by atoms with Gasteiger partial charge in [-0.1, -0.05) is 30.3 Å². The summed E-state index contributed by atoms with van der Waals surface area (Å²) >= 11 is 0. The maximum atomic E-state index is 13.5. The number of rotatable bonds is 5. The van der Waals surface area contributed by atoms with Crippen molar-refractivity contribution in [1.29, 1.82) is 0 Å². The lowest BCUT2D eigenvalue weighted by molar-refractivity contribution is 0.608. The van der Waals surface area contributed by atoms with Gasteiger partial charge >= 0.3 is 0 Å². The molecule has 0 aliphatic rings. The van der Waals surface area contributed by atoms with E-state index in [4.69, 9.17) is 5.73 Å². The molecule has 2 N–H and O–H groups in total. The van der Waals surface area contributed by atoms with Crippen LogP contribution in [-0.4, -0.2) is 13.6 Å². The lowest BCUT2D eigenvalue weighted by Gasteiger charge is -2.19.